The molecule has 4 nitrogen and oxygen atoms in total. The highest BCUT2D eigenvalue weighted by Gasteiger charge is 2.28. The number of carbonyl (C=O) groups is 2. The third-order valence-corrected chi connectivity index (χ3v) is 5.95. The standard InChI is InChI=1S/C20H19NO3S/c22-17-11-14-3-1-2-4-15(14)19(16-7-10-25-20(16)17)13-5-8-21(9-6-13)12-18(23)24/h1-4,7,10H,5-6,8-9,11-12H2,(H,23,24). The van der Waals surface area contributed by atoms with E-state index in [1.54, 1.807) is 0 Å². The molecule has 128 valence electrons. The van der Waals surface area contributed by atoms with Gasteiger partial charge in [0.15, 0.2) is 5.78 Å². The van der Waals surface area contributed by atoms with Crippen molar-refractivity contribution in [1.29, 1.82) is 0 Å². The minimum Gasteiger partial charge on any atom is -0.480 e. The van der Waals surface area contributed by atoms with Crippen LogP contribution in [-0.2, 0) is 11.2 Å². The third-order valence-electron chi connectivity index (χ3n) is 5.00. The molecule has 0 amide bonds. The Kier molecular flexibility index (Phi) is 4.27. The van der Waals surface area contributed by atoms with Gasteiger partial charge in [-0.25, -0.2) is 0 Å². The summed E-state index contributed by atoms with van der Waals surface area (Å²) in [6.07, 6.45) is 2.15. The summed E-state index contributed by atoms with van der Waals surface area (Å²) in [6.45, 7) is 1.60. The summed E-state index contributed by atoms with van der Waals surface area (Å²) in [5, 5.41) is 11.0. The van der Waals surface area contributed by atoms with Crippen LogP contribution in [-0.4, -0.2) is 41.4 Å². The van der Waals surface area contributed by atoms with E-state index in [1.807, 2.05) is 28.5 Å². The Morgan fingerprint density at radius 2 is 1.88 bits per heavy atom. The fourth-order valence-electron chi connectivity index (χ4n) is 3.84. The first-order chi connectivity index (χ1) is 12.1. The monoisotopic (exact) mass is 353 g/mol. The quantitative estimate of drug-likeness (QED) is 0.898. The van der Waals surface area contributed by atoms with E-state index in [0.29, 0.717) is 6.42 Å². The molecule has 2 aliphatic rings. The zero-order valence-corrected chi connectivity index (χ0v) is 14.6. The molecule has 0 unspecified atom stereocenters. The number of hydrogen-bond acceptors (Lipinski definition) is 4. The second-order valence-electron chi connectivity index (χ2n) is 6.57. The molecule has 0 atom stereocenters. The minimum absolute atomic E-state index is 0.0986. The molecule has 1 N–H and O–H groups in total. The third kappa shape index (κ3) is 3.05. The van der Waals surface area contributed by atoms with Crippen molar-refractivity contribution in [2.75, 3.05) is 19.6 Å². The molecule has 1 aromatic carbocycles. The number of carboxylic acid groups (broad SMARTS) is 1. The van der Waals surface area contributed by atoms with Crippen molar-refractivity contribution in [2.24, 2.45) is 0 Å². The maximum atomic E-state index is 12.6. The van der Waals surface area contributed by atoms with Gasteiger partial charge in [-0.15, -0.1) is 11.3 Å². The normalized spacial score (nSPS) is 17.8. The summed E-state index contributed by atoms with van der Waals surface area (Å²) in [6, 6.07) is 10.2. The second kappa shape index (κ2) is 6.58. The molecule has 4 rings (SSSR count). The average Bonchev–Trinajstić information content (AvgIpc) is 3.03. The first-order valence-corrected chi connectivity index (χ1v) is 9.37. The lowest BCUT2D eigenvalue weighted by molar-refractivity contribution is -0.138. The van der Waals surface area contributed by atoms with Gasteiger partial charge in [-0.2, -0.15) is 0 Å². The molecule has 2 heterocycles. The van der Waals surface area contributed by atoms with Gasteiger partial charge in [-0.05, 0) is 41.0 Å². The lowest BCUT2D eigenvalue weighted by atomic mass is 9.87. The molecular weight excluding hydrogens is 334 g/mol. The van der Waals surface area contributed by atoms with Crippen LogP contribution < -0.4 is 0 Å². The topological polar surface area (TPSA) is 57.6 Å². The van der Waals surface area contributed by atoms with Gasteiger partial charge in [0.25, 0.3) is 0 Å². The van der Waals surface area contributed by atoms with Gasteiger partial charge < -0.3 is 5.11 Å². The molecule has 0 bridgehead atoms. The fourth-order valence-corrected chi connectivity index (χ4v) is 4.68. The van der Waals surface area contributed by atoms with Crippen molar-refractivity contribution in [3.05, 3.63) is 62.9 Å². The lowest BCUT2D eigenvalue weighted by Gasteiger charge is -2.29. The molecule has 5 heteroatoms. The molecule has 0 saturated carbocycles. The van der Waals surface area contributed by atoms with Crippen molar-refractivity contribution in [2.45, 2.75) is 19.3 Å². The van der Waals surface area contributed by atoms with E-state index in [1.165, 1.54) is 22.5 Å². The van der Waals surface area contributed by atoms with E-state index < -0.39 is 5.97 Å². The first-order valence-electron chi connectivity index (χ1n) is 8.49. The average molecular weight is 353 g/mol. The van der Waals surface area contributed by atoms with Gasteiger partial charge in [-0.3, -0.25) is 14.5 Å². The molecule has 2 aromatic rings. The number of fused-ring (bicyclic) bond motifs is 2. The van der Waals surface area contributed by atoms with E-state index in [4.69, 9.17) is 5.11 Å². The minimum atomic E-state index is -0.776. The highest BCUT2D eigenvalue weighted by molar-refractivity contribution is 7.12. The van der Waals surface area contributed by atoms with Crippen LogP contribution in [0.25, 0.3) is 5.57 Å². The Balaban J connectivity index is 1.78. The molecular formula is C20H19NO3S. The Morgan fingerprint density at radius 1 is 1.12 bits per heavy atom. The number of hydrogen-bond donors (Lipinski definition) is 1. The number of piperidine rings is 1. The first kappa shape index (κ1) is 16.2. The summed E-state index contributed by atoms with van der Waals surface area (Å²) < 4.78 is 0. The molecule has 1 aliphatic carbocycles. The summed E-state index contributed by atoms with van der Waals surface area (Å²) in [5.41, 5.74) is 5.85. The number of nitrogens with zero attached hydrogens (tertiary/aromatic N) is 1. The highest BCUT2D eigenvalue weighted by Crippen LogP contribution is 2.40. The molecule has 1 aliphatic heterocycles. The van der Waals surface area contributed by atoms with E-state index in [-0.39, 0.29) is 12.3 Å². The van der Waals surface area contributed by atoms with Gasteiger partial charge in [0.05, 0.1) is 11.4 Å². The number of ketones is 1. The van der Waals surface area contributed by atoms with Crippen LogP contribution >= 0.6 is 11.3 Å². The van der Waals surface area contributed by atoms with Gasteiger partial charge in [0, 0.05) is 25.1 Å². The Hall–Kier alpha value is -2.24. The second-order valence-corrected chi connectivity index (χ2v) is 7.49. The van der Waals surface area contributed by atoms with Gasteiger partial charge in [0.2, 0.25) is 0 Å². The number of Topliss-reactive ketones (excluding diaryl/α,β-unsaturated/α-hetero) is 1. The van der Waals surface area contributed by atoms with Crippen molar-refractivity contribution >= 4 is 28.7 Å². The fraction of sp³-hybridized carbons (Fsp3) is 0.300. The number of carboxylic acids is 1. The number of benzene rings is 1. The largest absolute Gasteiger partial charge is 0.480 e. The summed E-state index contributed by atoms with van der Waals surface area (Å²) in [7, 11) is 0. The van der Waals surface area contributed by atoms with Gasteiger partial charge in [0.1, 0.15) is 0 Å². The van der Waals surface area contributed by atoms with E-state index in [2.05, 4.69) is 12.1 Å². The van der Waals surface area contributed by atoms with Crippen molar-refractivity contribution in [1.82, 2.24) is 4.90 Å². The highest BCUT2D eigenvalue weighted by atomic mass is 32.1. The molecule has 1 fully saturated rings. The van der Waals surface area contributed by atoms with Crippen LogP contribution in [0.1, 0.15) is 39.2 Å². The maximum absolute atomic E-state index is 12.6. The Morgan fingerprint density at radius 3 is 2.64 bits per heavy atom. The van der Waals surface area contributed by atoms with E-state index in [9.17, 15) is 9.59 Å². The summed E-state index contributed by atoms with van der Waals surface area (Å²) in [4.78, 5) is 26.4. The van der Waals surface area contributed by atoms with E-state index in [0.717, 1.165) is 47.5 Å². The molecule has 1 saturated heterocycles. The number of likely N-dealkylation sites (tertiary alicyclic amines) is 1. The van der Waals surface area contributed by atoms with Gasteiger partial charge >= 0.3 is 5.97 Å². The van der Waals surface area contributed by atoms with Crippen molar-refractivity contribution in [3.8, 4) is 0 Å². The molecule has 1 aromatic heterocycles. The smallest absolute Gasteiger partial charge is 0.317 e. The van der Waals surface area contributed by atoms with Crippen LogP contribution in [0.4, 0.5) is 0 Å². The zero-order chi connectivity index (χ0) is 17.4. The maximum Gasteiger partial charge on any atom is 0.317 e. The van der Waals surface area contributed by atoms with Crippen molar-refractivity contribution < 1.29 is 14.7 Å². The number of aliphatic carboxylic acids is 1. The Bertz CT molecular complexity index is 871. The number of carbonyl (C=O) groups excluding carboxylic acids is 1. The molecule has 25 heavy (non-hydrogen) atoms. The van der Waals surface area contributed by atoms with Crippen molar-refractivity contribution in [3.63, 3.8) is 0 Å². The summed E-state index contributed by atoms with van der Waals surface area (Å²) >= 11 is 1.52. The lowest BCUT2D eigenvalue weighted by Crippen LogP contribution is -2.35. The van der Waals surface area contributed by atoms with Crippen LogP contribution in [0.5, 0.6) is 0 Å². The van der Waals surface area contributed by atoms with Gasteiger partial charge in [-0.1, -0.05) is 29.8 Å². The Labute approximate surface area is 150 Å². The summed E-state index contributed by atoms with van der Waals surface area (Å²) in [5.74, 6) is -0.585. The van der Waals surface area contributed by atoms with Crippen LogP contribution in [0.3, 0.4) is 0 Å². The van der Waals surface area contributed by atoms with E-state index >= 15 is 0 Å². The van der Waals surface area contributed by atoms with Crippen LogP contribution in [0.2, 0.25) is 0 Å². The SMILES string of the molecule is O=C(O)CN1CCC(=C2c3ccccc3CC(=O)c3sccc32)CC1. The predicted molar refractivity (Wildman–Crippen MR) is 98.1 cm³/mol. The van der Waals surface area contributed by atoms with Crippen LogP contribution in [0.15, 0.2) is 41.3 Å². The number of rotatable bonds is 2. The number of thiophene rings is 1. The predicted octanol–water partition coefficient (Wildman–Crippen LogP) is 3.47. The van der Waals surface area contributed by atoms with Crippen LogP contribution in [0, 0.1) is 0 Å². The molecule has 0 radical (unpaired) electrons. The zero-order valence-electron chi connectivity index (χ0n) is 13.8. The molecule has 0 spiro atoms.